The van der Waals surface area contributed by atoms with Gasteiger partial charge >= 0.3 is 6.09 Å². The Morgan fingerprint density at radius 2 is 2.27 bits per heavy atom. The Labute approximate surface area is 167 Å². The summed E-state index contributed by atoms with van der Waals surface area (Å²) in [5.41, 5.74) is 0.652. The first-order chi connectivity index (χ1) is 12.9. The lowest BCUT2D eigenvalue weighted by Gasteiger charge is -2.27. The maximum Gasteiger partial charge on any atom is 0.415 e. The van der Waals surface area contributed by atoms with E-state index in [1.807, 2.05) is 6.92 Å². The summed E-state index contributed by atoms with van der Waals surface area (Å²) in [7, 11) is 0. The number of anilines is 1. The van der Waals surface area contributed by atoms with Gasteiger partial charge in [0, 0.05) is 16.7 Å². The molecule has 0 N–H and O–H groups in total. The van der Waals surface area contributed by atoms with Crippen LogP contribution in [-0.4, -0.2) is 21.3 Å². The second kappa shape index (κ2) is 6.96. The molecule has 0 radical (unpaired) electrons. The van der Waals surface area contributed by atoms with E-state index in [1.165, 1.54) is 22.9 Å². The summed E-state index contributed by atoms with van der Waals surface area (Å²) in [6.45, 7) is 4.60. The highest BCUT2D eigenvalue weighted by atomic mass is 79.9. The van der Waals surface area contributed by atoms with E-state index in [9.17, 15) is 4.79 Å². The molecule has 3 aromatic heterocycles. The minimum Gasteiger partial charge on any atom is -0.467 e. The highest BCUT2D eigenvalue weighted by Crippen LogP contribution is 2.33. The Morgan fingerprint density at radius 3 is 2.88 bits per heavy atom. The zero-order chi connectivity index (χ0) is 20.9. The van der Waals surface area contributed by atoms with E-state index in [-0.39, 0.29) is 16.6 Å². The standard InChI is InChI=1S/C18H19BrClN3O3/c1-11-13(19)10-23-16(11)14(8-15(20)21-23)22(9-12-6-5-7-25-12)17(24)26-18(2,3)4/h5-8,10H,9H2,1-4H3/i9D2. The van der Waals surface area contributed by atoms with Crippen LogP contribution in [0.3, 0.4) is 0 Å². The number of hydrogen-bond acceptors (Lipinski definition) is 4. The van der Waals surface area contributed by atoms with Crippen LogP contribution in [0.4, 0.5) is 10.5 Å². The van der Waals surface area contributed by atoms with Crippen LogP contribution < -0.4 is 4.90 Å². The third-order valence-corrected chi connectivity index (χ3v) is 4.42. The molecule has 0 aliphatic rings. The lowest BCUT2D eigenvalue weighted by atomic mass is 10.2. The molecule has 138 valence electrons. The second-order valence-corrected chi connectivity index (χ2v) is 7.89. The van der Waals surface area contributed by atoms with Crippen molar-refractivity contribution in [2.24, 2.45) is 0 Å². The van der Waals surface area contributed by atoms with Crippen molar-refractivity contribution in [3.8, 4) is 0 Å². The highest BCUT2D eigenvalue weighted by Gasteiger charge is 2.27. The lowest BCUT2D eigenvalue weighted by Crippen LogP contribution is -2.36. The molecule has 0 saturated carbocycles. The largest absolute Gasteiger partial charge is 0.467 e. The number of carbonyl (C=O) groups is 1. The van der Waals surface area contributed by atoms with Gasteiger partial charge in [-0.15, -0.1) is 0 Å². The van der Waals surface area contributed by atoms with Crippen molar-refractivity contribution in [2.45, 2.75) is 39.8 Å². The smallest absolute Gasteiger partial charge is 0.415 e. The summed E-state index contributed by atoms with van der Waals surface area (Å²) >= 11 is 9.61. The van der Waals surface area contributed by atoms with Crippen LogP contribution in [0.2, 0.25) is 5.15 Å². The maximum absolute atomic E-state index is 13.1. The van der Waals surface area contributed by atoms with Gasteiger partial charge in [-0.1, -0.05) is 11.6 Å². The van der Waals surface area contributed by atoms with Gasteiger partial charge < -0.3 is 9.15 Å². The molecular weight excluding hydrogens is 422 g/mol. The van der Waals surface area contributed by atoms with Gasteiger partial charge in [0.25, 0.3) is 0 Å². The molecule has 0 aliphatic heterocycles. The number of furan rings is 1. The summed E-state index contributed by atoms with van der Waals surface area (Å²) in [5, 5.41) is 4.30. The van der Waals surface area contributed by atoms with Crippen LogP contribution in [0.5, 0.6) is 0 Å². The van der Waals surface area contributed by atoms with Crippen molar-refractivity contribution in [3.63, 3.8) is 0 Å². The number of amides is 1. The third kappa shape index (κ3) is 3.88. The van der Waals surface area contributed by atoms with Crippen molar-refractivity contribution in [1.82, 2.24) is 9.61 Å². The Kier molecular flexibility index (Phi) is 4.34. The van der Waals surface area contributed by atoms with Gasteiger partial charge in [-0.05, 0) is 61.3 Å². The number of fused-ring (bicyclic) bond motifs is 1. The number of carbonyl (C=O) groups excluding carboxylic acids is 1. The number of nitrogens with zero attached hydrogens (tertiary/aromatic N) is 3. The van der Waals surface area contributed by atoms with Crippen LogP contribution in [0.15, 0.2) is 39.5 Å². The molecule has 0 aliphatic carbocycles. The van der Waals surface area contributed by atoms with Crippen LogP contribution in [-0.2, 0) is 11.2 Å². The van der Waals surface area contributed by atoms with Gasteiger partial charge in [-0.3, -0.25) is 4.90 Å². The molecule has 1 amide bonds. The van der Waals surface area contributed by atoms with E-state index >= 15 is 0 Å². The summed E-state index contributed by atoms with van der Waals surface area (Å²) in [4.78, 5) is 14.0. The summed E-state index contributed by atoms with van der Waals surface area (Å²) in [6.07, 6.45) is 2.15. The number of hydrogen-bond donors (Lipinski definition) is 0. The zero-order valence-corrected chi connectivity index (χ0v) is 17.1. The van der Waals surface area contributed by atoms with Gasteiger partial charge in [0.2, 0.25) is 0 Å². The number of aromatic nitrogens is 2. The molecule has 3 aromatic rings. The van der Waals surface area contributed by atoms with E-state index < -0.39 is 18.2 Å². The number of rotatable bonds is 3. The van der Waals surface area contributed by atoms with E-state index in [4.69, 9.17) is 23.5 Å². The Balaban J connectivity index is 2.29. The molecule has 8 heteroatoms. The molecule has 6 nitrogen and oxygen atoms in total. The molecule has 0 aromatic carbocycles. The van der Waals surface area contributed by atoms with Gasteiger partial charge in [0.15, 0.2) is 5.15 Å². The summed E-state index contributed by atoms with van der Waals surface area (Å²) < 4.78 is 30.3. The molecule has 0 fully saturated rings. The topological polar surface area (TPSA) is 60.0 Å². The van der Waals surface area contributed by atoms with Gasteiger partial charge in [-0.2, -0.15) is 5.10 Å². The molecule has 0 spiro atoms. The first-order valence-corrected chi connectivity index (χ1v) is 9.00. The fourth-order valence-electron chi connectivity index (χ4n) is 2.39. The monoisotopic (exact) mass is 441 g/mol. The highest BCUT2D eigenvalue weighted by molar-refractivity contribution is 9.10. The average Bonchev–Trinajstić information content (AvgIpc) is 3.15. The summed E-state index contributed by atoms with van der Waals surface area (Å²) in [6, 6.07) is 4.44. The predicted octanol–water partition coefficient (Wildman–Crippen LogP) is 5.59. The molecule has 0 saturated heterocycles. The minimum absolute atomic E-state index is 0.0484. The molecule has 3 heterocycles. The van der Waals surface area contributed by atoms with Crippen LogP contribution in [0.25, 0.3) is 5.52 Å². The predicted molar refractivity (Wildman–Crippen MR) is 104 cm³/mol. The van der Waals surface area contributed by atoms with Gasteiger partial charge in [0.05, 0.1) is 26.7 Å². The molecular formula is C18H19BrClN3O3. The van der Waals surface area contributed by atoms with Crippen molar-refractivity contribution in [3.05, 3.63) is 51.6 Å². The maximum atomic E-state index is 13.1. The zero-order valence-electron chi connectivity index (χ0n) is 16.7. The average molecular weight is 443 g/mol. The Morgan fingerprint density at radius 1 is 1.54 bits per heavy atom. The first kappa shape index (κ1) is 16.2. The van der Waals surface area contributed by atoms with Crippen LogP contribution in [0, 0.1) is 6.92 Å². The second-order valence-electron chi connectivity index (χ2n) is 6.65. The van der Waals surface area contributed by atoms with Crippen molar-refractivity contribution >= 4 is 44.8 Å². The van der Waals surface area contributed by atoms with Crippen molar-refractivity contribution < 1.29 is 16.7 Å². The van der Waals surface area contributed by atoms with E-state index in [0.29, 0.717) is 5.52 Å². The van der Waals surface area contributed by atoms with Crippen molar-refractivity contribution in [1.29, 1.82) is 0 Å². The fraction of sp³-hybridized carbons (Fsp3) is 0.333. The number of aryl methyl sites for hydroxylation is 1. The van der Waals surface area contributed by atoms with Crippen molar-refractivity contribution in [2.75, 3.05) is 4.90 Å². The summed E-state index contributed by atoms with van der Waals surface area (Å²) in [5.74, 6) is -0.0484. The van der Waals surface area contributed by atoms with Crippen LogP contribution >= 0.6 is 27.5 Å². The molecule has 0 unspecified atom stereocenters. The minimum atomic E-state index is -2.35. The van der Waals surface area contributed by atoms with Gasteiger partial charge in [-0.25, -0.2) is 9.31 Å². The third-order valence-electron chi connectivity index (χ3n) is 3.44. The Bertz CT molecular complexity index is 1030. The fourth-order valence-corrected chi connectivity index (χ4v) is 2.96. The lowest BCUT2D eigenvalue weighted by molar-refractivity contribution is 0.0575. The molecule has 3 rings (SSSR count). The molecule has 26 heavy (non-hydrogen) atoms. The SMILES string of the molecule is [2H]C([2H])(c1ccco1)N(C(=O)OC(C)(C)C)c1cc(Cl)nn2cc(Br)c(C)c12. The van der Waals surface area contributed by atoms with E-state index in [1.54, 1.807) is 33.0 Å². The van der Waals surface area contributed by atoms with E-state index in [0.717, 1.165) is 14.9 Å². The first-order valence-electron chi connectivity index (χ1n) is 8.83. The number of halogens is 2. The van der Waals surface area contributed by atoms with Crippen LogP contribution in [0.1, 0.15) is 34.8 Å². The van der Waals surface area contributed by atoms with Gasteiger partial charge in [0.1, 0.15) is 11.4 Å². The number of ether oxygens (including phenoxy) is 1. The molecule has 0 bridgehead atoms. The quantitative estimate of drug-likeness (QED) is 0.530. The normalized spacial score (nSPS) is 13.5. The Hall–Kier alpha value is -1.99. The van der Waals surface area contributed by atoms with E-state index in [2.05, 4.69) is 21.0 Å². The molecule has 0 atom stereocenters.